The summed E-state index contributed by atoms with van der Waals surface area (Å²) < 4.78 is 19.2. The van der Waals surface area contributed by atoms with Crippen molar-refractivity contribution >= 4 is 12.0 Å². The van der Waals surface area contributed by atoms with E-state index >= 15 is 0 Å². The number of nitrogens with one attached hydrogen (secondary N) is 1. The average Bonchev–Trinajstić information content (AvgIpc) is 2.49. The molecule has 1 fully saturated rings. The molecule has 0 radical (unpaired) electrons. The molecule has 0 bridgehead atoms. The summed E-state index contributed by atoms with van der Waals surface area (Å²) in [4.78, 5) is 25.9. The molecule has 0 spiro atoms. The summed E-state index contributed by atoms with van der Waals surface area (Å²) in [6.07, 6.45) is 0.751. The normalized spacial score (nSPS) is 15.8. The zero-order valence-electron chi connectivity index (χ0n) is 15.1. The van der Waals surface area contributed by atoms with Crippen LogP contribution in [0.5, 0.6) is 5.75 Å². The zero-order chi connectivity index (χ0) is 18.8. The molecule has 1 heterocycles. The van der Waals surface area contributed by atoms with E-state index in [2.05, 4.69) is 5.32 Å². The second-order valence-corrected chi connectivity index (χ2v) is 7.33. The number of halogens is 1. The second kappa shape index (κ2) is 7.29. The molecule has 2 rings (SSSR count). The summed E-state index contributed by atoms with van der Waals surface area (Å²) in [6.45, 7) is 7.91. The van der Waals surface area contributed by atoms with Gasteiger partial charge in [0.15, 0.2) is 0 Å². The van der Waals surface area contributed by atoms with Gasteiger partial charge in [0.2, 0.25) is 0 Å². The van der Waals surface area contributed by atoms with Crippen LogP contribution in [-0.4, -0.2) is 46.7 Å². The summed E-state index contributed by atoms with van der Waals surface area (Å²) >= 11 is 0. The lowest BCUT2D eigenvalue weighted by atomic mass is 10.0. The van der Waals surface area contributed by atoms with Crippen LogP contribution in [0, 0.1) is 12.7 Å². The highest BCUT2D eigenvalue weighted by atomic mass is 19.1. The molecule has 1 aromatic carbocycles. The van der Waals surface area contributed by atoms with E-state index in [0.29, 0.717) is 31.5 Å². The molecule has 1 aliphatic heterocycles. The van der Waals surface area contributed by atoms with Crippen molar-refractivity contribution < 1.29 is 23.8 Å². The summed E-state index contributed by atoms with van der Waals surface area (Å²) in [5, 5.41) is 12.4. The van der Waals surface area contributed by atoms with Gasteiger partial charge in [0.1, 0.15) is 17.2 Å². The fourth-order valence-corrected chi connectivity index (χ4v) is 2.63. The number of nitrogens with zero attached hydrogens (tertiary/aromatic N) is 1. The Labute approximate surface area is 147 Å². The van der Waals surface area contributed by atoms with Crippen LogP contribution in [0.1, 0.15) is 49.5 Å². The van der Waals surface area contributed by atoms with Crippen LogP contribution in [0.3, 0.4) is 0 Å². The van der Waals surface area contributed by atoms with Gasteiger partial charge >= 0.3 is 6.09 Å². The lowest BCUT2D eigenvalue weighted by Crippen LogP contribution is -2.47. The highest BCUT2D eigenvalue weighted by Gasteiger charge is 2.28. The predicted octanol–water partition coefficient (Wildman–Crippen LogP) is 2.97. The largest absolute Gasteiger partial charge is 0.508 e. The molecule has 1 aliphatic rings. The first-order valence-corrected chi connectivity index (χ1v) is 8.35. The van der Waals surface area contributed by atoms with Gasteiger partial charge in [-0.2, -0.15) is 0 Å². The molecule has 0 aromatic heterocycles. The molecule has 1 aromatic rings. The first-order valence-electron chi connectivity index (χ1n) is 8.35. The average molecular weight is 352 g/mol. The number of carbonyl (C=O) groups is 2. The number of amides is 2. The van der Waals surface area contributed by atoms with Crippen LogP contribution in [0.25, 0.3) is 0 Å². The molecule has 25 heavy (non-hydrogen) atoms. The molecule has 0 aliphatic carbocycles. The van der Waals surface area contributed by atoms with Crippen molar-refractivity contribution in [2.24, 2.45) is 0 Å². The third-order valence-electron chi connectivity index (χ3n) is 4.01. The summed E-state index contributed by atoms with van der Waals surface area (Å²) in [5.41, 5.74) is -0.356. The van der Waals surface area contributed by atoms with Gasteiger partial charge in [0.25, 0.3) is 5.91 Å². The van der Waals surface area contributed by atoms with Crippen molar-refractivity contribution in [1.82, 2.24) is 10.2 Å². The molecule has 6 nitrogen and oxygen atoms in total. The van der Waals surface area contributed by atoms with Crippen LogP contribution in [0.2, 0.25) is 0 Å². The highest BCUT2D eigenvalue weighted by molar-refractivity contribution is 5.95. The third kappa shape index (κ3) is 5.08. The number of ether oxygens (including phenoxy) is 1. The van der Waals surface area contributed by atoms with Gasteiger partial charge in [-0.05, 0) is 58.2 Å². The molecule has 138 valence electrons. The topological polar surface area (TPSA) is 78.9 Å². The van der Waals surface area contributed by atoms with E-state index in [9.17, 15) is 19.1 Å². The van der Waals surface area contributed by atoms with E-state index < -0.39 is 17.3 Å². The Kier molecular flexibility index (Phi) is 5.55. The van der Waals surface area contributed by atoms with Gasteiger partial charge in [-0.3, -0.25) is 4.79 Å². The fraction of sp³-hybridized carbons (Fsp3) is 0.556. The number of piperidine rings is 1. The zero-order valence-corrected chi connectivity index (χ0v) is 15.1. The smallest absolute Gasteiger partial charge is 0.410 e. The Morgan fingerprint density at radius 1 is 1.28 bits per heavy atom. The maximum atomic E-state index is 13.9. The van der Waals surface area contributed by atoms with Crippen molar-refractivity contribution in [2.75, 3.05) is 13.1 Å². The first kappa shape index (κ1) is 19.0. The number of carbonyl (C=O) groups excluding carboxylic acids is 2. The SMILES string of the molecule is Cc1cc(F)c(C(=O)NC2CCN(C(=O)OC(C)(C)C)CC2)cc1O. The number of rotatable bonds is 2. The second-order valence-electron chi connectivity index (χ2n) is 7.33. The fourth-order valence-electron chi connectivity index (χ4n) is 2.63. The molecule has 1 saturated heterocycles. The van der Waals surface area contributed by atoms with Crippen LogP contribution < -0.4 is 5.32 Å². The molecule has 2 amide bonds. The van der Waals surface area contributed by atoms with E-state index in [4.69, 9.17) is 4.74 Å². The quantitative estimate of drug-likeness (QED) is 0.858. The van der Waals surface area contributed by atoms with E-state index in [-0.39, 0.29) is 23.4 Å². The third-order valence-corrected chi connectivity index (χ3v) is 4.01. The Morgan fingerprint density at radius 3 is 2.44 bits per heavy atom. The van der Waals surface area contributed by atoms with Gasteiger partial charge in [-0.1, -0.05) is 0 Å². The van der Waals surface area contributed by atoms with Crippen molar-refractivity contribution in [3.63, 3.8) is 0 Å². The Bertz CT molecular complexity index is 662. The number of benzene rings is 1. The molecule has 0 atom stereocenters. The maximum absolute atomic E-state index is 13.9. The maximum Gasteiger partial charge on any atom is 0.410 e. The standard InChI is InChI=1S/C18H25FN2O4/c1-11-9-14(19)13(10-15(11)22)16(23)20-12-5-7-21(8-6-12)17(24)25-18(2,3)4/h9-10,12,22H,5-8H2,1-4H3,(H,20,23). The number of hydrogen-bond donors (Lipinski definition) is 2. The Morgan fingerprint density at radius 2 is 1.88 bits per heavy atom. The van der Waals surface area contributed by atoms with Crippen LogP contribution >= 0.6 is 0 Å². The Balaban J connectivity index is 1.91. The molecule has 2 N–H and O–H groups in total. The number of phenols is 1. The molecular formula is C18H25FN2O4. The molecule has 0 unspecified atom stereocenters. The minimum atomic E-state index is -0.668. The van der Waals surface area contributed by atoms with Gasteiger partial charge < -0.3 is 20.1 Å². The molecule has 0 saturated carbocycles. The number of hydrogen-bond acceptors (Lipinski definition) is 4. The van der Waals surface area contributed by atoms with E-state index in [1.165, 1.54) is 0 Å². The van der Waals surface area contributed by atoms with Gasteiger partial charge in [-0.25, -0.2) is 9.18 Å². The minimum Gasteiger partial charge on any atom is -0.508 e. The molecule has 7 heteroatoms. The predicted molar refractivity (Wildman–Crippen MR) is 91.1 cm³/mol. The highest BCUT2D eigenvalue weighted by Crippen LogP contribution is 2.21. The van der Waals surface area contributed by atoms with Crippen molar-refractivity contribution in [2.45, 2.75) is 52.2 Å². The summed E-state index contributed by atoms with van der Waals surface area (Å²) in [5.74, 6) is -1.35. The lowest BCUT2D eigenvalue weighted by molar-refractivity contribution is 0.0199. The van der Waals surface area contributed by atoms with Crippen molar-refractivity contribution in [1.29, 1.82) is 0 Å². The summed E-state index contributed by atoms with van der Waals surface area (Å²) in [6, 6.07) is 2.11. The number of likely N-dealkylation sites (tertiary alicyclic amines) is 1. The monoisotopic (exact) mass is 352 g/mol. The number of aryl methyl sites for hydroxylation is 1. The van der Waals surface area contributed by atoms with Crippen LogP contribution in [0.4, 0.5) is 9.18 Å². The Hall–Kier alpha value is -2.31. The van der Waals surface area contributed by atoms with E-state index in [1.54, 1.807) is 11.8 Å². The molecular weight excluding hydrogens is 327 g/mol. The van der Waals surface area contributed by atoms with Gasteiger partial charge in [-0.15, -0.1) is 0 Å². The van der Waals surface area contributed by atoms with Crippen LogP contribution in [0.15, 0.2) is 12.1 Å². The van der Waals surface area contributed by atoms with Crippen LogP contribution in [-0.2, 0) is 4.74 Å². The summed E-state index contributed by atoms with van der Waals surface area (Å²) in [7, 11) is 0. The minimum absolute atomic E-state index is 0.119. The lowest BCUT2D eigenvalue weighted by Gasteiger charge is -2.33. The van der Waals surface area contributed by atoms with Gasteiger partial charge in [0, 0.05) is 19.1 Å². The number of aromatic hydroxyl groups is 1. The number of phenolic OH excluding ortho intramolecular Hbond substituents is 1. The van der Waals surface area contributed by atoms with Crippen molar-refractivity contribution in [3.05, 3.63) is 29.1 Å². The van der Waals surface area contributed by atoms with Crippen molar-refractivity contribution in [3.8, 4) is 5.75 Å². The van der Waals surface area contributed by atoms with E-state index in [0.717, 1.165) is 12.1 Å². The van der Waals surface area contributed by atoms with Gasteiger partial charge in [0.05, 0.1) is 5.56 Å². The van der Waals surface area contributed by atoms with E-state index in [1.807, 2.05) is 20.8 Å². The first-order chi connectivity index (χ1) is 11.6.